The molecule has 1 aliphatic rings. The monoisotopic (exact) mass is 362 g/mol. The number of aliphatic hydroxyl groups is 2. The summed E-state index contributed by atoms with van der Waals surface area (Å²) in [6.45, 7) is 1.19. The van der Waals surface area contributed by atoms with Crippen LogP contribution in [0.2, 0.25) is 0 Å². The van der Waals surface area contributed by atoms with E-state index in [2.05, 4.69) is 4.98 Å². The number of aromatic nitrogens is 2. The fraction of sp³-hybridized carbons (Fsp3) is 0.353. The van der Waals surface area contributed by atoms with E-state index in [9.17, 15) is 24.6 Å². The molecule has 1 saturated heterocycles. The first-order valence-electron chi connectivity index (χ1n) is 7.94. The van der Waals surface area contributed by atoms with Crippen molar-refractivity contribution >= 4 is 5.97 Å². The molecule has 4 atom stereocenters. The van der Waals surface area contributed by atoms with Crippen molar-refractivity contribution in [2.75, 3.05) is 6.61 Å². The number of H-pyrrole nitrogens is 1. The Kier molecular flexibility index (Phi) is 5.03. The second-order valence-corrected chi connectivity index (χ2v) is 5.99. The molecule has 1 aromatic heterocycles. The van der Waals surface area contributed by atoms with E-state index < -0.39 is 41.8 Å². The largest absolute Gasteiger partial charge is 0.459 e. The highest BCUT2D eigenvalue weighted by atomic mass is 16.6. The van der Waals surface area contributed by atoms with Crippen LogP contribution < -0.4 is 11.2 Å². The number of aromatic amines is 1. The van der Waals surface area contributed by atoms with Gasteiger partial charge in [0.1, 0.15) is 24.9 Å². The Balaban J connectivity index is 1.72. The predicted molar refractivity (Wildman–Crippen MR) is 88.7 cm³/mol. The molecule has 0 bridgehead atoms. The van der Waals surface area contributed by atoms with Gasteiger partial charge in [-0.25, -0.2) is 9.59 Å². The second kappa shape index (κ2) is 7.24. The van der Waals surface area contributed by atoms with Gasteiger partial charge >= 0.3 is 11.7 Å². The first-order valence-corrected chi connectivity index (χ1v) is 7.94. The van der Waals surface area contributed by atoms with Crippen LogP contribution in [0.3, 0.4) is 0 Å². The maximum absolute atomic E-state index is 12.0. The minimum atomic E-state index is -1.43. The molecule has 1 aliphatic heterocycles. The van der Waals surface area contributed by atoms with Crippen LogP contribution in [0.1, 0.15) is 22.1 Å². The van der Waals surface area contributed by atoms with Gasteiger partial charge in [-0.3, -0.25) is 14.3 Å². The van der Waals surface area contributed by atoms with Gasteiger partial charge in [0.05, 0.1) is 5.56 Å². The predicted octanol–water partition coefficient (Wildman–Crippen LogP) is -0.679. The summed E-state index contributed by atoms with van der Waals surface area (Å²) in [7, 11) is 0. The molecular weight excluding hydrogens is 344 g/mol. The molecule has 0 spiro atoms. The van der Waals surface area contributed by atoms with Gasteiger partial charge in [0.2, 0.25) is 0 Å². The van der Waals surface area contributed by atoms with Crippen LogP contribution in [-0.2, 0) is 9.47 Å². The molecule has 9 nitrogen and oxygen atoms in total. The summed E-state index contributed by atoms with van der Waals surface area (Å²) in [6.07, 6.45) is -3.81. The van der Waals surface area contributed by atoms with E-state index in [-0.39, 0.29) is 12.2 Å². The Morgan fingerprint density at radius 3 is 2.62 bits per heavy atom. The lowest BCUT2D eigenvalue weighted by molar-refractivity contribution is -0.0599. The van der Waals surface area contributed by atoms with Crippen molar-refractivity contribution in [3.63, 3.8) is 0 Å². The minimum absolute atomic E-state index is 0.244. The Morgan fingerprint density at radius 2 is 1.92 bits per heavy atom. The summed E-state index contributed by atoms with van der Waals surface area (Å²) in [5, 5.41) is 20.3. The van der Waals surface area contributed by atoms with Crippen molar-refractivity contribution in [3.8, 4) is 0 Å². The summed E-state index contributed by atoms with van der Waals surface area (Å²) in [5.41, 5.74) is -0.746. The smallest absolute Gasteiger partial charge is 0.338 e. The van der Waals surface area contributed by atoms with Gasteiger partial charge in [-0.1, -0.05) is 18.2 Å². The van der Waals surface area contributed by atoms with Gasteiger partial charge in [0.15, 0.2) is 6.23 Å². The van der Waals surface area contributed by atoms with E-state index in [0.717, 1.165) is 4.57 Å². The van der Waals surface area contributed by atoms with Crippen molar-refractivity contribution in [1.82, 2.24) is 9.55 Å². The molecule has 26 heavy (non-hydrogen) atoms. The zero-order valence-corrected chi connectivity index (χ0v) is 13.9. The minimum Gasteiger partial charge on any atom is -0.459 e. The maximum atomic E-state index is 12.0. The number of benzene rings is 1. The number of aliphatic hydroxyl groups excluding tert-OH is 2. The van der Waals surface area contributed by atoms with Gasteiger partial charge in [0, 0.05) is 11.8 Å². The molecular formula is C17H18N2O7. The molecule has 0 saturated carbocycles. The van der Waals surface area contributed by atoms with Gasteiger partial charge in [0.25, 0.3) is 5.56 Å². The van der Waals surface area contributed by atoms with Gasteiger partial charge < -0.3 is 19.7 Å². The standard InChI is InChI=1S/C17H18N2O7/c1-9-7-19(17(24)18-14(9)22)15-13(21)12(20)11(26-15)8-25-16(23)10-5-3-2-4-6-10/h2-7,11-13,15,20-21H,8H2,1H3,(H,18,22,24)/t11-,12-,13+,15-/m1/s1. The third-order valence-electron chi connectivity index (χ3n) is 4.15. The highest BCUT2D eigenvalue weighted by Gasteiger charge is 2.44. The third kappa shape index (κ3) is 3.45. The average Bonchev–Trinajstić information content (AvgIpc) is 2.91. The fourth-order valence-electron chi connectivity index (χ4n) is 2.69. The first kappa shape index (κ1) is 18.1. The molecule has 3 rings (SSSR count). The molecule has 0 amide bonds. The third-order valence-corrected chi connectivity index (χ3v) is 4.15. The Bertz CT molecular complexity index is 905. The quantitative estimate of drug-likeness (QED) is 0.614. The Labute approximate surface area is 147 Å². The summed E-state index contributed by atoms with van der Waals surface area (Å²) in [6, 6.07) is 8.28. The molecule has 3 N–H and O–H groups in total. The summed E-state index contributed by atoms with van der Waals surface area (Å²) in [4.78, 5) is 37.4. The lowest BCUT2D eigenvalue weighted by Gasteiger charge is -2.17. The van der Waals surface area contributed by atoms with Crippen molar-refractivity contribution in [2.45, 2.75) is 31.5 Å². The Hall–Kier alpha value is -2.75. The number of rotatable bonds is 4. The number of ether oxygens (including phenoxy) is 2. The molecule has 2 heterocycles. The van der Waals surface area contributed by atoms with Crippen LogP contribution in [0.5, 0.6) is 0 Å². The van der Waals surface area contributed by atoms with Crippen LogP contribution >= 0.6 is 0 Å². The van der Waals surface area contributed by atoms with E-state index in [4.69, 9.17) is 9.47 Å². The van der Waals surface area contributed by atoms with E-state index in [1.54, 1.807) is 30.3 Å². The van der Waals surface area contributed by atoms with Crippen molar-refractivity contribution in [2.24, 2.45) is 0 Å². The number of aryl methyl sites for hydroxylation is 1. The molecule has 1 aromatic carbocycles. The number of nitrogens with zero attached hydrogens (tertiary/aromatic N) is 1. The average molecular weight is 362 g/mol. The van der Waals surface area contributed by atoms with Crippen molar-refractivity contribution in [1.29, 1.82) is 0 Å². The zero-order valence-electron chi connectivity index (χ0n) is 13.9. The highest BCUT2D eigenvalue weighted by Crippen LogP contribution is 2.28. The number of hydrogen-bond donors (Lipinski definition) is 3. The lowest BCUT2D eigenvalue weighted by atomic mass is 10.1. The van der Waals surface area contributed by atoms with Crippen LogP contribution in [0.4, 0.5) is 0 Å². The Morgan fingerprint density at radius 1 is 1.23 bits per heavy atom. The normalized spacial score (nSPS) is 25.2. The number of hydrogen-bond acceptors (Lipinski definition) is 7. The zero-order chi connectivity index (χ0) is 18.8. The molecule has 0 unspecified atom stereocenters. The fourth-order valence-corrected chi connectivity index (χ4v) is 2.69. The molecule has 0 aliphatic carbocycles. The van der Waals surface area contributed by atoms with Crippen molar-refractivity contribution in [3.05, 3.63) is 68.5 Å². The maximum Gasteiger partial charge on any atom is 0.338 e. The highest BCUT2D eigenvalue weighted by molar-refractivity contribution is 5.89. The molecule has 9 heteroatoms. The molecule has 0 radical (unpaired) electrons. The van der Waals surface area contributed by atoms with E-state index >= 15 is 0 Å². The topological polar surface area (TPSA) is 131 Å². The van der Waals surface area contributed by atoms with Crippen LogP contribution in [0.15, 0.2) is 46.1 Å². The summed E-state index contributed by atoms with van der Waals surface area (Å²) in [5.74, 6) is -0.601. The van der Waals surface area contributed by atoms with Gasteiger partial charge in [-0.2, -0.15) is 0 Å². The van der Waals surface area contributed by atoms with Crippen LogP contribution in [-0.4, -0.2) is 50.7 Å². The van der Waals surface area contributed by atoms with Gasteiger partial charge in [-0.15, -0.1) is 0 Å². The van der Waals surface area contributed by atoms with E-state index in [0.29, 0.717) is 5.56 Å². The number of carbonyl (C=O) groups is 1. The summed E-state index contributed by atoms with van der Waals surface area (Å²) < 4.78 is 11.6. The second-order valence-electron chi connectivity index (χ2n) is 5.99. The van der Waals surface area contributed by atoms with Crippen LogP contribution in [0, 0.1) is 6.92 Å². The van der Waals surface area contributed by atoms with E-state index in [1.165, 1.54) is 13.1 Å². The van der Waals surface area contributed by atoms with Crippen molar-refractivity contribution < 1.29 is 24.5 Å². The first-order chi connectivity index (χ1) is 12.4. The van der Waals surface area contributed by atoms with Gasteiger partial charge in [-0.05, 0) is 19.1 Å². The number of carbonyl (C=O) groups excluding carboxylic acids is 1. The number of esters is 1. The summed E-state index contributed by atoms with van der Waals surface area (Å²) >= 11 is 0. The number of nitrogens with one attached hydrogen (secondary N) is 1. The molecule has 138 valence electrons. The van der Waals surface area contributed by atoms with Crippen LogP contribution in [0.25, 0.3) is 0 Å². The molecule has 1 fully saturated rings. The SMILES string of the molecule is Cc1cn([C@@H]2O[C@H](COC(=O)c3ccccc3)[C@@H](O)[C@@H]2O)c(=O)[nH]c1=O. The lowest BCUT2D eigenvalue weighted by Crippen LogP contribution is -2.38. The van der Waals surface area contributed by atoms with E-state index in [1.807, 2.05) is 0 Å². The molecule has 2 aromatic rings.